The van der Waals surface area contributed by atoms with E-state index in [4.69, 9.17) is 9.47 Å². The van der Waals surface area contributed by atoms with Gasteiger partial charge in [0.15, 0.2) is 11.5 Å². The number of carbonyl (C=O) groups excluding carboxylic acids is 2. The second-order valence-corrected chi connectivity index (χ2v) is 5.58. The molecule has 0 bridgehead atoms. The first-order chi connectivity index (χ1) is 10.9. The summed E-state index contributed by atoms with van der Waals surface area (Å²) in [6.45, 7) is 6.54. The maximum absolute atomic E-state index is 11.8. The van der Waals surface area contributed by atoms with Crippen molar-refractivity contribution in [1.82, 2.24) is 10.2 Å². The van der Waals surface area contributed by atoms with Crippen molar-refractivity contribution in [3.8, 4) is 11.5 Å². The van der Waals surface area contributed by atoms with Gasteiger partial charge in [-0.2, -0.15) is 0 Å². The number of methoxy groups -OCH3 is 2. The van der Waals surface area contributed by atoms with Gasteiger partial charge in [-0.05, 0) is 17.7 Å². The summed E-state index contributed by atoms with van der Waals surface area (Å²) < 4.78 is 10.5. The van der Waals surface area contributed by atoms with Crippen LogP contribution in [0.4, 0.5) is 0 Å². The quantitative estimate of drug-likeness (QED) is 0.793. The van der Waals surface area contributed by atoms with Crippen LogP contribution >= 0.6 is 0 Å². The normalized spacial score (nSPS) is 10.3. The summed E-state index contributed by atoms with van der Waals surface area (Å²) in [6.07, 6.45) is 0. The zero-order valence-corrected chi connectivity index (χ0v) is 14.5. The van der Waals surface area contributed by atoms with Crippen molar-refractivity contribution in [3.63, 3.8) is 0 Å². The molecule has 0 spiro atoms. The third kappa shape index (κ3) is 5.81. The smallest absolute Gasteiger partial charge is 0.222 e. The van der Waals surface area contributed by atoms with E-state index in [1.165, 1.54) is 6.92 Å². The molecule has 0 saturated heterocycles. The van der Waals surface area contributed by atoms with Crippen molar-refractivity contribution in [2.75, 3.05) is 27.3 Å². The molecule has 0 radical (unpaired) electrons. The Bertz CT molecular complexity index is 543. The average Bonchev–Trinajstić information content (AvgIpc) is 2.53. The van der Waals surface area contributed by atoms with E-state index in [2.05, 4.69) is 5.32 Å². The van der Waals surface area contributed by atoms with Crippen LogP contribution in [0.15, 0.2) is 18.2 Å². The molecule has 1 N–H and O–H groups in total. The molecule has 0 aliphatic carbocycles. The van der Waals surface area contributed by atoms with Crippen molar-refractivity contribution in [1.29, 1.82) is 0 Å². The Morgan fingerprint density at radius 3 is 2.35 bits per heavy atom. The Hall–Kier alpha value is -2.24. The summed E-state index contributed by atoms with van der Waals surface area (Å²) in [5, 5.41) is 2.82. The lowest BCUT2D eigenvalue weighted by Crippen LogP contribution is -2.38. The first kappa shape index (κ1) is 18.8. The predicted octanol–water partition coefficient (Wildman–Crippen LogP) is 1.82. The molecular formula is C17H26N2O4. The first-order valence-electron chi connectivity index (χ1n) is 7.63. The van der Waals surface area contributed by atoms with E-state index in [9.17, 15) is 9.59 Å². The van der Waals surface area contributed by atoms with Crippen LogP contribution in [-0.2, 0) is 16.1 Å². The van der Waals surface area contributed by atoms with Gasteiger partial charge < -0.3 is 19.7 Å². The van der Waals surface area contributed by atoms with E-state index in [-0.39, 0.29) is 17.7 Å². The molecule has 1 rings (SSSR count). The topological polar surface area (TPSA) is 67.9 Å². The van der Waals surface area contributed by atoms with E-state index in [0.717, 1.165) is 5.56 Å². The number of rotatable bonds is 8. The highest BCUT2D eigenvalue weighted by atomic mass is 16.5. The number of amides is 2. The molecule has 6 heteroatoms. The highest BCUT2D eigenvalue weighted by Crippen LogP contribution is 2.28. The molecule has 0 aliphatic heterocycles. The van der Waals surface area contributed by atoms with Crippen LogP contribution in [0.25, 0.3) is 0 Å². The highest BCUT2D eigenvalue weighted by molar-refractivity contribution is 5.78. The Kier molecular flexibility index (Phi) is 7.38. The summed E-state index contributed by atoms with van der Waals surface area (Å²) in [7, 11) is 3.16. The molecule has 0 heterocycles. The largest absolute Gasteiger partial charge is 0.493 e. The molecule has 0 aromatic heterocycles. The number of benzene rings is 1. The van der Waals surface area contributed by atoms with Gasteiger partial charge in [-0.1, -0.05) is 19.9 Å². The molecule has 0 atom stereocenters. The molecule has 6 nitrogen and oxygen atoms in total. The maximum atomic E-state index is 11.8. The van der Waals surface area contributed by atoms with Crippen molar-refractivity contribution in [2.24, 2.45) is 5.92 Å². The molecular weight excluding hydrogens is 296 g/mol. The number of nitrogens with one attached hydrogen (secondary N) is 1. The van der Waals surface area contributed by atoms with E-state index in [1.807, 2.05) is 32.0 Å². The number of hydrogen-bond acceptors (Lipinski definition) is 4. The average molecular weight is 322 g/mol. The van der Waals surface area contributed by atoms with Gasteiger partial charge in [0.1, 0.15) is 0 Å². The SMILES string of the molecule is COc1ccc(CN(CCNC(=O)C(C)C)C(C)=O)cc1OC. The molecule has 128 valence electrons. The van der Waals surface area contributed by atoms with Crippen LogP contribution in [0.1, 0.15) is 26.3 Å². The Balaban J connectivity index is 2.69. The monoisotopic (exact) mass is 322 g/mol. The number of carbonyl (C=O) groups is 2. The van der Waals surface area contributed by atoms with Crippen LogP contribution in [0, 0.1) is 5.92 Å². The van der Waals surface area contributed by atoms with E-state index < -0.39 is 0 Å². The van der Waals surface area contributed by atoms with Crippen LogP contribution in [0.3, 0.4) is 0 Å². The molecule has 1 aromatic rings. The number of hydrogen-bond donors (Lipinski definition) is 1. The minimum atomic E-state index is -0.0633. The lowest BCUT2D eigenvalue weighted by molar-refractivity contribution is -0.130. The fraction of sp³-hybridized carbons (Fsp3) is 0.529. The van der Waals surface area contributed by atoms with Crippen molar-refractivity contribution >= 4 is 11.8 Å². The van der Waals surface area contributed by atoms with Gasteiger partial charge in [-0.3, -0.25) is 9.59 Å². The molecule has 2 amide bonds. The summed E-state index contributed by atoms with van der Waals surface area (Å²) in [5.41, 5.74) is 0.938. The van der Waals surface area contributed by atoms with Gasteiger partial charge in [0.2, 0.25) is 11.8 Å². The lowest BCUT2D eigenvalue weighted by Gasteiger charge is -2.22. The van der Waals surface area contributed by atoms with Crippen molar-refractivity contribution in [2.45, 2.75) is 27.3 Å². The number of ether oxygens (including phenoxy) is 2. The molecule has 0 fully saturated rings. The fourth-order valence-electron chi connectivity index (χ4n) is 2.07. The van der Waals surface area contributed by atoms with E-state index >= 15 is 0 Å². The van der Waals surface area contributed by atoms with Gasteiger partial charge in [-0.15, -0.1) is 0 Å². The van der Waals surface area contributed by atoms with Crippen LogP contribution in [0.2, 0.25) is 0 Å². The second-order valence-electron chi connectivity index (χ2n) is 5.58. The summed E-state index contributed by atoms with van der Waals surface area (Å²) in [6, 6.07) is 5.55. The molecule has 0 saturated carbocycles. The zero-order chi connectivity index (χ0) is 17.4. The van der Waals surface area contributed by atoms with Gasteiger partial charge in [0.25, 0.3) is 0 Å². The Morgan fingerprint density at radius 2 is 1.83 bits per heavy atom. The van der Waals surface area contributed by atoms with Crippen LogP contribution in [-0.4, -0.2) is 44.0 Å². The standard InChI is InChI=1S/C17H26N2O4/c1-12(2)17(21)18-8-9-19(13(3)20)11-14-6-7-15(22-4)16(10-14)23-5/h6-7,10,12H,8-9,11H2,1-5H3,(H,18,21). The zero-order valence-electron chi connectivity index (χ0n) is 14.5. The second kappa shape index (κ2) is 9.02. The summed E-state index contributed by atoms with van der Waals surface area (Å²) >= 11 is 0. The van der Waals surface area contributed by atoms with Gasteiger partial charge in [0, 0.05) is 32.5 Å². The van der Waals surface area contributed by atoms with E-state index in [0.29, 0.717) is 31.1 Å². The predicted molar refractivity (Wildman–Crippen MR) is 88.5 cm³/mol. The maximum Gasteiger partial charge on any atom is 0.222 e. The van der Waals surface area contributed by atoms with Crippen LogP contribution < -0.4 is 14.8 Å². The third-order valence-electron chi connectivity index (χ3n) is 3.47. The summed E-state index contributed by atoms with van der Waals surface area (Å²) in [5.74, 6) is 1.15. The molecule has 0 aliphatic rings. The van der Waals surface area contributed by atoms with Crippen LogP contribution in [0.5, 0.6) is 11.5 Å². The van der Waals surface area contributed by atoms with Gasteiger partial charge in [0.05, 0.1) is 14.2 Å². The number of nitrogens with zero attached hydrogens (tertiary/aromatic N) is 1. The van der Waals surface area contributed by atoms with Gasteiger partial charge >= 0.3 is 0 Å². The third-order valence-corrected chi connectivity index (χ3v) is 3.47. The van der Waals surface area contributed by atoms with Crippen molar-refractivity contribution in [3.05, 3.63) is 23.8 Å². The molecule has 0 unspecified atom stereocenters. The van der Waals surface area contributed by atoms with E-state index in [1.54, 1.807) is 19.1 Å². The van der Waals surface area contributed by atoms with Gasteiger partial charge in [-0.25, -0.2) is 0 Å². The minimum absolute atomic E-state index is 0.0142. The lowest BCUT2D eigenvalue weighted by atomic mass is 10.2. The molecule has 1 aromatic carbocycles. The minimum Gasteiger partial charge on any atom is -0.493 e. The Morgan fingerprint density at radius 1 is 1.17 bits per heavy atom. The first-order valence-corrected chi connectivity index (χ1v) is 7.63. The Labute approximate surface area is 137 Å². The fourth-order valence-corrected chi connectivity index (χ4v) is 2.07. The highest BCUT2D eigenvalue weighted by Gasteiger charge is 2.13. The van der Waals surface area contributed by atoms with Crippen molar-refractivity contribution < 1.29 is 19.1 Å². The summed E-state index contributed by atoms with van der Waals surface area (Å²) in [4.78, 5) is 25.0. The molecule has 23 heavy (non-hydrogen) atoms.